The smallest absolute Gasteiger partial charge is 0.411 e. The van der Waals surface area contributed by atoms with Crippen molar-refractivity contribution in [2.75, 3.05) is 31.3 Å². The van der Waals surface area contributed by atoms with E-state index in [1.54, 1.807) is 48.3 Å². The molecule has 3 aromatic carbocycles. The largest absolute Gasteiger partial charge is 0.448 e. The fourth-order valence-electron chi connectivity index (χ4n) is 5.31. The number of amides is 3. The molecule has 0 aliphatic carbocycles. The van der Waals surface area contributed by atoms with E-state index in [9.17, 15) is 18.8 Å². The lowest BCUT2D eigenvalue weighted by Crippen LogP contribution is -2.26. The lowest BCUT2D eigenvalue weighted by molar-refractivity contribution is 0.0956. The first-order valence-electron chi connectivity index (χ1n) is 15.2. The van der Waals surface area contributed by atoms with Crippen LogP contribution in [0.4, 0.5) is 19.7 Å². The van der Waals surface area contributed by atoms with Crippen LogP contribution >= 0.6 is 21.6 Å². The molecule has 0 radical (unpaired) electrons. The van der Waals surface area contributed by atoms with E-state index in [4.69, 9.17) is 9.47 Å². The normalized spacial score (nSPS) is 12.2. The second kappa shape index (κ2) is 15.3. The Morgan fingerprint density at radius 2 is 1.81 bits per heavy atom. The van der Waals surface area contributed by atoms with E-state index >= 15 is 0 Å². The topological polar surface area (TPSA) is 126 Å². The third-order valence-corrected chi connectivity index (χ3v) is 9.82. The predicted octanol–water partition coefficient (Wildman–Crippen LogP) is 7.41. The van der Waals surface area contributed by atoms with Crippen LogP contribution in [0.5, 0.6) is 0 Å². The molecule has 48 heavy (non-hydrogen) atoms. The molecule has 0 spiro atoms. The maximum Gasteiger partial charge on any atom is 0.411 e. The molecule has 0 atom stereocenters. The Bertz CT molecular complexity index is 1920. The highest BCUT2D eigenvalue weighted by molar-refractivity contribution is 8.76. The van der Waals surface area contributed by atoms with Gasteiger partial charge < -0.3 is 24.7 Å². The van der Waals surface area contributed by atoms with Gasteiger partial charge in [0.25, 0.3) is 5.91 Å². The van der Waals surface area contributed by atoms with Gasteiger partial charge in [0.1, 0.15) is 24.1 Å². The number of rotatable bonds is 11. The number of nitrogens with one attached hydrogen (secondary N) is 3. The summed E-state index contributed by atoms with van der Waals surface area (Å²) in [6.45, 7) is 1.12. The number of halogens is 1. The Hall–Kier alpha value is -5.01. The molecule has 246 valence electrons. The molecule has 13 heteroatoms. The van der Waals surface area contributed by atoms with Crippen molar-refractivity contribution in [1.29, 1.82) is 0 Å². The predicted molar refractivity (Wildman–Crippen MR) is 185 cm³/mol. The molecule has 0 bridgehead atoms. The average Bonchev–Trinajstić information content (AvgIpc) is 3.36. The van der Waals surface area contributed by atoms with Gasteiger partial charge in [-0.2, -0.15) is 0 Å². The number of hydrogen-bond acceptors (Lipinski definition) is 8. The monoisotopic (exact) mass is 685 g/mol. The standard InChI is InChI=1S/C35H32FN5O5S2/c1-41(20-22-5-9-24(10-6-22)32-27-13-15-38-33(42)28-18-25(36)19-29(40-32)31(27)28)35(44)46-21-23-7-11-26(12-8-23)39-34(43)45-16-17-47-48-30-4-2-3-14-37-30/h2-12,14,18-19,40H,13,15-17,20-21H2,1H3,(H,38,42)(H,39,43). The van der Waals surface area contributed by atoms with Crippen molar-refractivity contribution in [1.82, 2.24) is 20.2 Å². The van der Waals surface area contributed by atoms with Crippen LogP contribution in [0.25, 0.3) is 22.2 Å². The molecule has 10 nitrogen and oxygen atoms in total. The Labute approximate surface area is 284 Å². The summed E-state index contributed by atoms with van der Waals surface area (Å²) in [5.74, 6) is -0.126. The van der Waals surface area contributed by atoms with Gasteiger partial charge in [-0.05, 0) is 75.9 Å². The minimum absolute atomic E-state index is 0.0705. The number of pyridine rings is 1. The Balaban J connectivity index is 0.956. The maximum absolute atomic E-state index is 14.2. The molecule has 0 saturated heterocycles. The Morgan fingerprint density at radius 3 is 2.58 bits per heavy atom. The molecular formula is C35H32FN5O5S2. The molecule has 3 amide bonds. The maximum atomic E-state index is 14.2. The van der Waals surface area contributed by atoms with Gasteiger partial charge in [0.05, 0.1) is 5.56 Å². The lowest BCUT2D eigenvalue weighted by atomic mass is 9.99. The van der Waals surface area contributed by atoms with Gasteiger partial charge in [-0.1, -0.05) is 53.3 Å². The van der Waals surface area contributed by atoms with E-state index in [2.05, 4.69) is 20.6 Å². The van der Waals surface area contributed by atoms with Crippen molar-refractivity contribution < 1.29 is 28.2 Å². The van der Waals surface area contributed by atoms with E-state index in [1.165, 1.54) is 27.8 Å². The van der Waals surface area contributed by atoms with E-state index in [0.29, 0.717) is 42.0 Å². The minimum atomic E-state index is -0.544. The van der Waals surface area contributed by atoms with Gasteiger partial charge in [-0.25, -0.2) is 19.0 Å². The Morgan fingerprint density at radius 1 is 1.02 bits per heavy atom. The number of benzene rings is 3. The second-order valence-corrected chi connectivity index (χ2v) is 13.4. The van der Waals surface area contributed by atoms with Gasteiger partial charge in [0, 0.05) is 54.4 Å². The molecule has 5 aromatic rings. The molecule has 1 aliphatic heterocycles. The van der Waals surface area contributed by atoms with E-state index in [-0.39, 0.29) is 19.1 Å². The van der Waals surface area contributed by atoms with E-state index < -0.39 is 18.0 Å². The van der Waals surface area contributed by atoms with Crippen molar-refractivity contribution >= 4 is 56.3 Å². The van der Waals surface area contributed by atoms with Crippen molar-refractivity contribution in [3.8, 4) is 11.3 Å². The van der Waals surface area contributed by atoms with Crippen molar-refractivity contribution in [3.05, 3.63) is 113 Å². The average molecular weight is 686 g/mol. The number of carbonyl (C=O) groups excluding carboxylic acids is 3. The molecule has 6 rings (SSSR count). The lowest BCUT2D eigenvalue weighted by Gasteiger charge is -2.17. The molecule has 0 saturated carbocycles. The number of ether oxygens (including phenoxy) is 2. The third-order valence-electron chi connectivity index (χ3n) is 7.59. The van der Waals surface area contributed by atoms with Crippen molar-refractivity contribution in [3.63, 3.8) is 0 Å². The van der Waals surface area contributed by atoms with Gasteiger partial charge in [0.2, 0.25) is 0 Å². The number of aromatic amines is 1. The first-order valence-corrected chi connectivity index (χ1v) is 17.5. The zero-order valence-corrected chi connectivity index (χ0v) is 27.6. The zero-order chi connectivity index (χ0) is 33.5. The zero-order valence-electron chi connectivity index (χ0n) is 26.0. The van der Waals surface area contributed by atoms with E-state index in [1.807, 2.05) is 42.5 Å². The number of carbonyl (C=O) groups is 3. The SMILES string of the molecule is CN(Cc1ccc(-c2[nH]c3cc(F)cc4c3c2CCNC4=O)cc1)C(=O)OCc1ccc(NC(=O)OCCSSc2ccccn2)cc1. The van der Waals surface area contributed by atoms with Crippen LogP contribution in [0, 0.1) is 5.82 Å². The van der Waals surface area contributed by atoms with Gasteiger partial charge in [0.15, 0.2) is 0 Å². The van der Waals surface area contributed by atoms with Crippen LogP contribution in [0.3, 0.4) is 0 Å². The summed E-state index contributed by atoms with van der Waals surface area (Å²) in [7, 11) is 4.74. The van der Waals surface area contributed by atoms with Crippen LogP contribution in [0.15, 0.2) is 90.1 Å². The van der Waals surface area contributed by atoms with Gasteiger partial charge in [-0.3, -0.25) is 10.1 Å². The quantitative estimate of drug-likeness (QED) is 0.0970. The highest BCUT2D eigenvalue weighted by Gasteiger charge is 2.23. The van der Waals surface area contributed by atoms with Crippen LogP contribution in [-0.4, -0.2) is 58.9 Å². The van der Waals surface area contributed by atoms with E-state index in [0.717, 1.165) is 38.4 Å². The fourth-order valence-corrected chi connectivity index (χ4v) is 7.02. The summed E-state index contributed by atoms with van der Waals surface area (Å²) < 4.78 is 25.0. The van der Waals surface area contributed by atoms with Crippen LogP contribution in [0.2, 0.25) is 0 Å². The summed E-state index contributed by atoms with van der Waals surface area (Å²) >= 11 is 0. The first kappa shape index (κ1) is 32.9. The highest BCUT2D eigenvalue weighted by atomic mass is 33.1. The molecule has 3 heterocycles. The number of H-pyrrole nitrogens is 1. The molecule has 3 N–H and O–H groups in total. The van der Waals surface area contributed by atoms with Crippen molar-refractivity contribution in [2.45, 2.75) is 24.6 Å². The summed E-state index contributed by atoms with van der Waals surface area (Å²) in [6.07, 6.45) is 1.33. The van der Waals surface area contributed by atoms with Crippen LogP contribution in [0.1, 0.15) is 27.0 Å². The molecule has 2 aromatic heterocycles. The Kier molecular flexibility index (Phi) is 10.5. The minimum Gasteiger partial charge on any atom is -0.448 e. The van der Waals surface area contributed by atoms with Crippen LogP contribution < -0.4 is 10.6 Å². The number of hydrogen-bond donors (Lipinski definition) is 3. The molecule has 0 unspecified atom stereocenters. The fraction of sp³-hybridized carbons (Fsp3) is 0.200. The van der Waals surface area contributed by atoms with Crippen LogP contribution in [-0.2, 0) is 29.0 Å². The van der Waals surface area contributed by atoms with Gasteiger partial charge >= 0.3 is 12.2 Å². The summed E-state index contributed by atoms with van der Waals surface area (Å²) in [5.41, 5.74) is 5.87. The number of anilines is 1. The number of aromatic nitrogens is 2. The summed E-state index contributed by atoms with van der Waals surface area (Å²) in [5, 5.41) is 7.17. The third kappa shape index (κ3) is 8.09. The van der Waals surface area contributed by atoms with Gasteiger partial charge in [-0.15, -0.1) is 0 Å². The molecule has 0 fully saturated rings. The summed E-state index contributed by atoms with van der Waals surface area (Å²) in [4.78, 5) is 46.3. The second-order valence-electron chi connectivity index (χ2n) is 11.0. The highest BCUT2D eigenvalue weighted by Crippen LogP contribution is 2.35. The molecular weight excluding hydrogens is 654 g/mol. The van der Waals surface area contributed by atoms with Crippen molar-refractivity contribution in [2.24, 2.45) is 0 Å². The number of nitrogens with zero attached hydrogens (tertiary/aromatic N) is 2. The summed E-state index contributed by atoms with van der Waals surface area (Å²) in [6, 6.07) is 23.1. The molecule has 1 aliphatic rings. The first-order chi connectivity index (χ1) is 23.3.